The lowest BCUT2D eigenvalue weighted by Crippen LogP contribution is -2.11. The predicted molar refractivity (Wildman–Crippen MR) is 112 cm³/mol. The predicted octanol–water partition coefficient (Wildman–Crippen LogP) is 5.23. The molecule has 0 aliphatic heterocycles. The van der Waals surface area contributed by atoms with Crippen molar-refractivity contribution >= 4 is 34.3 Å². The van der Waals surface area contributed by atoms with E-state index < -0.39 is 0 Å². The number of pyridine rings is 1. The Balaban J connectivity index is 1.76. The molecule has 4 aromatic rings. The van der Waals surface area contributed by atoms with Gasteiger partial charge in [0.15, 0.2) is 5.16 Å². The van der Waals surface area contributed by atoms with E-state index >= 15 is 0 Å². The normalized spacial score (nSPS) is 13.9. The Kier molecular flexibility index (Phi) is 4.25. The van der Waals surface area contributed by atoms with Crippen LogP contribution in [0.5, 0.6) is 0 Å². The smallest absolute Gasteiger partial charge is 0.263 e. The first-order valence-corrected chi connectivity index (χ1v) is 10.3. The zero-order chi connectivity index (χ0) is 19.3. The molecule has 5 nitrogen and oxygen atoms in total. The van der Waals surface area contributed by atoms with Crippen LogP contribution in [0.4, 0.5) is 0 Å². The van der Waals surface area contributed by atoms with Crippen molar-refractivity contribution in [1.29, 1.82) is 0 Å². The molecule has 2 aromatic heterocycles. The van der Waals surface area contributed by atoms with Crippen molar-refractivity contribution in [2.75, 3.05) is 0 Å². The summed E-state index contributed by atoms with van der Waals surface area (Å²) in [5.41, 5.74) is 2.46. The molecular formula is C21H17ClN4OS. The first kappa shape index (κ1) is 17.5. The largest absolute Gasteiger partial charge is 0.321 e. The first-order valence-electron chi connectivity index (χ1n) is 9.12. The number of hydrogen-bond acceptors (Lipinski definition) is 4. The number of nitrogens with zero attached hydrogens (tertiary/aromatic N) is 3. The molecule has 0 amide bonds. The van der Waals surface area contributed by atoms with Crippen LogP contribution in [-0.2, 0) is 0 Å². The van der Waals surface area contributed by atoms with Crippen molar-refractivity contribution in [2.45, 2.75) is 35.9 Å². The lowest BCUT2D eigenvalue weighted by atomic mass is 10.0. The highest BCUT2D eigenvalue weighted by molar-refractivity contribution is 7.99. The van der Waals surface area contributed by atoms with E-state index in [0.29, 0.717) is 16.0 Å². The lowest BCUT2D eigenvalue weighted by Gasteiger charge is -2.13. The second kappa shape index (κ2) is 6.79. The fourth-order valence-corrected chi connectivity index (χ4v) is 4.79. The summed E-state index contributed by atoms with van der Waals surface area (Å²) in [7, 11) is 0. The maximum absolute atomic E-state index is 13.1. The van der Waals surface area contributed by atoms with E-state index in [-0.39, 0.29) is 5.56 Å². The number of benzene rings is 2. The second-order valence-corrected chi connectivity index (χ2v) is 8.36. The summed E-state index contributed by atoms with van der Waals surface area (Å²) in [4.78, 5) is 16.7. The van der Waals surface area contributed by atoms with Crippen LogP contribution in [0.25, 0.3) is 22.0 Å². The molecule has 1 N–H and O–H groups in total. The van der Waals surface area contributed by atoms with Gasteiger partial charge in [-0.15, -0.1) is 10.2 Å². The van der Waals surface area contributed by atoms with Gasteiger partial charge < -0.3 is 9.55 Å². The van der Waals surface area contributed by atoms with Crippen LogP contribution in [0, 0.1) is 6.92 Å². The van der Waals surface area contributed by atoms with Gasteiger partial charge in [0, 0.05) is 27.5 Å². The summed E-state index contributed by atoms with van der Waals surface area (Å²) in [5.74, 6) is 0.881. The monoisotopic (exact) mass is 408 g/mol. The number of aromatic amines is 1. The summed E-state index contributed by atoms with van der Waals surface area (Å²) in [6.45, 7) is 1.96. The van der Waals surface area contributed by atoms with Gasteiger partial charge in [-0.1, -0.05) is 41.9 Å². The third-order valence-electron chi connectivity index (χ3n) is 4.94. The fourth-order valence-electron chi connectivity index (χ4n) is 3.50. The van der Waals surface area contributed by atoms with E-state index in [2.05, 4.69) is 19.7 Å². The van der Waals surface area contributed by atoms with Gasteiger partial charge in [-0.25, -0.2) is 0 Å². The van der Waals surface area contributed by atoms with E-state index in [9.17, 15) is 4.79 Å². The Morgan fingerprint density at radius 1 is 1.14 bits per heavy atom. The number of aromatic nitrogens is 4. The molecule has 140 valence electrons. The maximum Gasteiger partial charge on any atom is 0.263 e. The van der Waals surface area contributed by atoms with Crippen LogP contribution < -0.4 is 5.56 Å². The van der Waals surface area contributed by atoms with Crippen molar-refractivity contribution in [2.24, 2.45) is 0 Å². The zero-order valence-electron chi connectivity index (χ0n) is 15.1. The summed E-state index contributed by atoms with van der Waals surface area (Å²) in [6, 6.07) is 15.9. The van der Waals surface area contributed by atoms with Gasteiger partial charge in [0.25, 0.3) is 5.56 Å². The third-order valence-corrected chi connectivity index (χ3v) is 6.22. The highest BCUT2D eigenvalue weighted by Gasteiger charge is 2.29. The van der Waals surface area contributed by atoms with Gasteiger partial charge in [0.1, 0.15) is 5.82 Å². The number of rotatable bonds is 4. The maximum atomic E-state index is 13.1. The highest BCUT2D eigenvalue weighted by atomic mass is 35.5. The summed E-state index contributed by atoms with van der Waals surface area (Å²) >= 11 is 7.66. The second-order valence-electron chi connectivity index (χ2n) is 6.95. The van der Waals surface area contributed by atoms with Gasteiger partial charge >= 0.3 is 0 Å². The topological polar surface area (TPSA) is 63.6 Å². The standard InChI is InChI=1S/C21H17ClN4OS/c1-12-24-25-21(26(12)15-8-9-15)28-19-18(13-5-3-2-4-6-13)16-11-14(22)7-10-17(16)23-20(19)27/h2-7,10-11,15H,8-9H2,1H3,(H,23,27). The molecule has 1 fully saturated rings. The number of fused-ring (bicyclic) bond motifs is 1. The summed E-state index contributed by atoms with van der Waals surface area (Å²) in [6.07, 6.45) is 2.25. The van der Waals surface area contributed by atoms with Gasteiger partial charge in [0.05, 0.1) is 4.90 Å². The molecule has 0 saturated heterocycles. The van der Waals surface area contributed by atoms with Crippen molar-refractivity contribution in [1.82, 2.24) is 19.7 Å². The van der Waals surface area contributed by atoms with E-state index in [4.69, 9.17) is 11.6 Å². The van der Waals surface area contributed by atoms with Crippen molar-refractivity contribution in [3.8, 4) is 11.1 Å². The molecule has 5 rings (SSSR count). The average molecular weight is 409 g/mol. The molecule has 2 heterocycles. The molecule has 1 aliphatic carbocycles. The average Bonchev–Trinajstić information content (AvgIpc) is 3.46. The highest BCUT2D eigenvalue weighted by Crippen LogP contribution is 2.42. The Morgan fingerprint density at radius 2 is 1.93 bits per heavy atom. The first-order chi connectivity index (χ1) is 13.6. The number of halogens is 1. The van der Waals surface area contributed by atoms with Gasteiger partial charge in [-0.3, -0.25) is 4.79 Å². The minimum Gasteiger partial charge on any atom is -0.321 e. The van der Waals surface area contributed by atoms with Crippen LogP contribution in [0.2, 0.25) is 5.02 Å². The molecule has 0 spiro atoms. The van der Waals surface area contributed by atoms with E-state index in [1.165, 1.54) is 11.8 Å². The van der Waals surface area contributed by atoms with Crippen LogP contribution in [-0.4, -0.2) is 19.7 Å². The Hall–Kier alpha value is -2.57. The van der Waals surface area contributed by atoms with Gasteiger partial charge in [-0.2, -0.15) is 0 Å². The van der Waals surface area contributed by atoms with E-state index in [1.807, 2.05) is 49.4 Å². The van der Waals surface area contributed by atoms with Crippen LogP contribution in [0.1, 0.15) is 24.7 Å². The Morgan fingerprint density at radius 3 is 2.68 bits per heavy atom. The fraction of sp³-hybridized carbons (Fsp3) is 0.190. The molecule has 0 atom stereocenters. The summed E-state index contributed by atoms with van der Waals surface area (Å²) < 4.78 is 2.14. The van der Waals surface area contributed by atoms with Crippen LogP contribution >= 0.6 is 23.4 Å². The molecule has 7 heteroatoms. The zero-order valence-corrected chi connectivity index (χ0v) is 16.7. The lowest BCUT2D eigenvalue weighted by molar-refractivity contribution is 0.644. The third kappa shape index (κ3) is 3.02. The Labute approximate surface area is 170 Å². The van der Waals surface area contributed by atoms with Crippen molar-refractivity contribution in [3.05, 3.63) is 69.7 Å². The van der Waals surface area contributed by atoms with E-state index in [0.717, 1.165) is 45.9 Å². The van der Waals surface area contributed by atoms with Gasteiger partial charge in [0.2, 0.25) is 0 Å². The minimum atomic E-state index is -0.137. The quantitative estimate of drug-likeness (QED) is 0.502. The molecule has 1 aliphatic rings. The summed E-state index contributed by atoms with van der Waals surface area (Å²) in [5, 5.41) is 10.9. The molecule has 0 radical (unpaired) electrons. The molecule has 2 aromatic carbocycles. The number of hydrogen-bond donors (Lipinski definition) is 1. The number of nitrogens with one attached hydrogen (secondary N) is 1. The molecule has 0 unspecified atom stereocenters. The number of H-pyrrole nitrogens is 1. The molecule has 28 heavy (non-hydrogen) atoms. The minimum absolute atomic E-state index is 0.137. The van der Waals surface area contributed by atoms with Crippen LogP contribution in [0.3, 0.4) is 0 Å². The molecule has 0 bridgehead atoms. The van der Waals surface area contributed by atoms with Crippen molar-refractivity contribution < 1.29 is 0 Å². The van der Waals surface area contributed by atoms with Gasteiger partial charge in [-0.05, 0) is 55.3 Å². The Bertz CT molecular complexity index is 1240. The SMILES string of the molecule is Cc1nnc(Sc2c(-c3ccccc3)c3cc(Cl)ccc3[nH]c2=O)n1C1CC1. The van der Waals surface area contributed by atoms with Crippen molar-refractivity contribution in [3.63, 3.8) is 0 Å². The molecular weight excluding hydrogens is 392 g/mol. The molecule has 1 saturated carbocycles. The van der Waals surface area contributed by atoms with E-state index in [1.54, 1.807) is 6.07 Å². The van der Waals surface area contributed by atoms with Crippen LogP contribution in [0.15, 0.2) is 63.4 Å². The number of aryl methyl sites for hydroxylation is 1.